The average molecular weight is 357 g/mol. The summed E-state index contributed by atoms with van der Waals surface area (Å²) in [5.74, 6) is 0.223. The molecule has 0 saturated carbocycles. The first-order valence-electron chi connectivity index (χ1n) is 7.72. The van der Waals surface area contributed by atoms with Crippen molar-refractivity contribution >= 4 is 17.6 Å². The molecule has 0 saturated heterocycles. The van der Waals surface area contributed by atoms with Gasteiger partial charge in [0.25, 0.3) is 0 Å². The molecule has 0 amide bonds. The maximum Gasteiger partial charge on any atom is 0.340 e. The van der Waals surface area contributed by atoms with Crippen LogP contribution in [0.15, 0.2) is 73.3 Å². The van der Waals surface area contributed by atoms with E-state index in [4.69, 9.17) is 21.1 Å². The summed E-state index contributed by atoms with van der Waals surface area (Å²) in [7, 11) is 0. The standard InChI is InChI=1S/C19H17ClN2O3/c1-19(22-12-11-21-14-22,13-24-17-5-3-2-4-6-17)25-18(23)15-7-9-16(20)10-8-15/h2-12,14H,13H2,1H3. The molecule has 0 spiro atoms. The van der Waals surface area contributed by atoms with E-state index in [-0.39, 0.29) is 6.61 Å². The Labute approximate surface area is 150 Å². The van der Waals surface area contributed by atoms with Gasteiger partial charge in [-0.25, -0.2) is 9.78 Å². The predicted octanol–water partition coefficient (Wildman–Crippen LogP) is 4.15. The maximum atomic E-state index is 12.5. The second-order valence-corrected chi connectivity index (χ2v) is 6.08. The van der Waals surface area contributed by atoms with E-state index in [2.05, 4.69) is 4.98 Å². The molecule has 25 heavy (non-hydrogen) atoms. The number of halogens is 1. The van der Waals surface area contributed by atoms with Crippen LogP contribution in [0.25, 0.3) is 0 Å². The number of rotatable bonds is 6. The Hall–Kier alpha value is -2.79. The molecule has 0 aliphatic carbocycles. The van der Waals surface area contributed by atoms with E-state index in [1.54, 1.807) is 54.5 Å². The third-order valence-electron chi connectivity index (χ3n) is 3.69. The monoisotopic (exact) mass is 356 g/mol. The highest BCUT2D eigenvalue weighted by molar-refractivity contribution is 6.30. The van der Waals surface area contributed by atoms with Crippen LogP contribution in [0.4, 0.5) is 0 Å². The Balaban J connectivity index is 1.79. The second kappa shape index (κ2) is 7.40. The minimum Gasteiger partial charge on any atom is -0.487 e. The van der Waals surface area contributed by atoms with E-state index in [1.807, 2.05) is 30.3 Å². The lowest BCUT2D eigenvalue weighted by molar-refractivity contribution is -0.0794. The van der Waals surface area contributed by atoms with Crippen LogP contribution in [0.3, 0.4) is 0 Å². The molecule has 0 bridgehead atoms. The smallest absolute Gasteiger partial charge is 0.340 e. The van der Waals surface area contributed by atoms with Crippen LogP contribution in [-0.2, 0) is 10.5 Å². The first-order chi connectivity index (χ1) is 12.1. The van der Waals surface area contributed by atoms with Gasteiger partial charge in [0.15, 0.2) is 0 Å². The Bertz CT molecular complexity index is 820. The summed E-state index contributed by atoms with van der Waals surface area (Å²) in [6.45, 7) is 1.90. The van der Waals surface area contributed by atoms with E-state index >= 15 is 0 Å². The van der Waals surface area contributed by atoms with Crippen LogP contribution in [0.1, 0.15) is 17.3 Å². The molecular weight excluding hydrogens is 340 g/mol. The van der Waals surface area contributed by atoms with Crippen LogP contribution in [0.5, 0.6) is 5.75 Å². The molecule has 0 aliphatic heterocycles. The summed E-state index contributed by atoms with van der Waals surface area (Å²) >= 11 is 5.86. The van der Waals surface area contributed by atoms with Crippen LogP contribution in [-0.4, -0.2) is 22.1 Å². The van der Waals surface area contributed by atoms with Crippen LogP contribution in [0.2, 0.25) is 5.02 Å². The van der Waals surface area contributed by atoms with Crippen molar-refractivity contribution in [2.75, 3.05) is 6.61 Å². The highest BCUT2D eigenvalue weighted by Crippen LogP contribution is 2.23. The molecule has 0 N–H and O–H groups in total. The van der Waals surface area contributed by atoms with Gasteiger partial charge in [0, 0.05) is 17.4 Å². The number of aromatic nitrogens is 2. The second-order valence-electron chi connectivity index (χ2n) is 5.64. The highest BCUT2D eigenvalue weighted by atomic mass is 35.5. The fourth-order valence-corrected chi connectivity index (χ4v) is 2.40. The lowest BCUT2D eigenvalue weighted by Gasteiger charge is -2.30. The molecule has 1 unspecified atom stereocenters. The quantitative estimate of drug-likeness (QED) is 0.623. The third kappa shape index (κ3) is 4.19. The maximum absolute atomic E-state index is 12.5. The van der Waals surface area contributed by atoms with Gasteiger partial charge in [0.1, 0.15) is 12.4 Å². The number of nitrogens with zero attached hydrogens (tertiary/aromatic N) is 2. The molecule has 1 atom stereocenters. The number of hydrogen-bond donors (Lipinski definition) is 0. The van der Waals surface area contributed by atoms with Gasteiger partial charge < -0.3 is 9.47 Å². The highest BCUT2D eigenvalue weighted by Gasteiger charge is 2.32. The molecule has 5 nitrogen and oxygen atoms in total. The van der Waals surface area contributed by atoms with Gasteiger partial charge in [-0.3, -0.25) is 4.57 Å². The molecule has 1 heterocycles. The molecule has 3 aromatic rings. The van der Waals surface area contributed by atoms with Crippen molar-refractivity contribution < 1.29 is 14.3 Å². The van der Waals surface area contributed by atoms with Gasteiger partial charge in [-0.1, -0.05) is 29.8 Å². The van der Waals surface area contributed by atoms with Gasteiger partial charge >= 0.3 is 5.97 Å². The number of carbonyl (C=O) groups excluding carboxylic acids is 1. The molecule has 128 valence electrons. The van der Waals surface area contributed by atoms with E-state index in [9.17, 15) is 4.79 Å². The predicted molar refractivity (Wildman–Crippen MR) is 94.7 cm³/mol. The molecule has 2 aromatic carbocycles. The molecule has 3 rings (SSSR count). The number of para-hydroxylation sites is 1. The molecule has 0 radical (unpaired) electrons. The van der Waals surface area contributed by atoms with Crippen molar-refractivity contribution in [1.82, 2.24) is 9.55 Å². The minimum atomic E-state index is -1.05. The average Bonchev–Trinajstić information content (AvgIpc) is 3.17. The van der Waals surface area contributed by atoms with Gasteiger partial charge in [-0.15, -0.1) is 0 Å². The van der Waals surface area contributed by atoms with Gasteiger partial charge in [-0.2, -0.15) is 0 Å². The van der Waals surface area contributed by atoms with Crippen molar-refractivity contribution in [1.29, 1.82) is 0 Å². The number of benzene rings is 2. The number of esters is 1. The van der Waals surface area contributed by atoms with Crippen molar-refractivity contribution in [3.63, 3.8) is 0 Å². The molecule has 1 aromatic heterocycles. The summed E-state index contributed by atoms with van der Waals surface area (Å²) < 4.78 is 13.2. The van der Waals surface area contributed by atoms with Crippen LogP contribution in [0, 0.1) is 0 Å². The van der Waals surface area contributed by atoms with Gasteiger partial charge in [0.2, 0.25) is 5.72 Å². The lowest BCUT2D eigenvalue weighted by atomic mass is 10.2. The zero-order valence-corrected chi connectivity index (χ0v) is 14.4. The van der Waals surface area contributed by atoms with Crippen molar-refractivity contribution in [3.8, 4) is 5.75 Å². The topological polar surface area (TPSA) is 53.4 Å². The fourth-order valence-electron chi connectivity index (χ4n) is 2.27. The summed E-state index contributed by atoms with van der Waals surface area (Å²) in [5.41, 5.74) is -0.640. The first kappa shape index (κ1) is 17.0. The van der Waals surface area contributed by atoms with Gasteiger partial charge in [-0.05, 0) is 43.3 Å². The SMILES string of the molecule is CC(COc1ccccc1)(OC(=O)c1ccc(Cl)cc1)n1ccnc1. The van der Waals surface area contributed by atoms with E-state index in [1.165, 1.54) is 0 Å². The third-order valence-corrected chi connectivity index (χ3v) is 3.94. The Morgan fingerprint density at radius 2 is 1.88 bits per heavy atom. The number of imidazole rings is 1. The van der Waals surface area contributed by atoms with E-state index in [0.29, 0.717) is 16.3 Å². The Morgan fingerprint density at radius 1 is 1.16 bits per heavy atom. The van der Waals surface area contributed by atoms with Crippen molar-refractivity contribution in [3.05, 3.63) is 83.9 Å². The summed E-state index contributed by atoms with van der Waals surface area (Å²) in [5, 5.41) is 0.557. The summed E-state index contributed by atoms with van der Waals surface area (Å²) in [6.07, 6.45) is 4.93. The summed E-state index contributed by atoms with van der Waals surface area (Å²) in [6, 6.07) is 15.9. The number of hydrogen-bond acceptors (Lipinski definition) is 4. The normalized spacial score (nSPS) is 13.0. The lowest BCUT2D eigenvalue weighted by Crippen LogP contribution is -2.40. The number of carbonyl (C=O) groups is 1. The van der Waals surface area contributed by atoms with Crippen LogP contribution < -0.4 is 4.74 Å². The van der Waals surface area contributed by atoms with E-state index in [0.717, 1.165) is 0 Å². The minimum absolute atomic E-state index is 0.132. The largest absolute Gasteiger partial charge is 0.487 e. The Kier molecular flexibility index (Phi) is 5.05. The molecule has 6 heteroatoms. The molecule has 0 aliphatic rings. The number of ether oxygens (including phenoxy) is 2. The summed E-state index contributed by atoms with van der Waals surface area (Å²) in [4.78, 5) is 16.6. The van der Waals surface area contributed by atoms with Crippen LogP contribution >= 0.6 is 11.6 Å². The molecule has 0 fully saturated rings. The van der Waals surface area contributed by atoms with E-state index < -0.39 is 11.7 Å². The zero-order valence-electron chi connectivity index (χ0n) is 13.6. The van der Waals surface area contributed by atoms with Gasteiger partial charge in [0.05, 0.1) is 11.9 Å². The van der Waals surface area contributed by atoms with Crippen molar-refractivity contribution in [2.45, 2.75) is 12.6 Å². The molecular formula is C19H17ClN2O3. The Morgan fingerprint density at radius 3 is 2.52 bits per heavy atom. The zero-order chi connectivity index (χ0) is 17.7. The van der Waals surface area contributed by atoms with Crippen molar-refractivity contribution in [2.24, 2.45) is 0 Å². The first-order valence-corrected chi connectivity index (χ1v) is 8.10. The fraction of sp³-hybridized carbons (Fsp3) is 0.158.